The summed E-state index contributed by atoms with van der Waals surface area (Å²) >= 11 is 0. The molecule has 6 nitrogen and oxygen atoms in total. The maximum atomic E-state index is 13.3. The molecule has 0 spiro atoms. The Balaban J connectivity index is 1.78. The second kappa shape index (κ2) is 14.0. The number of esters is 2. The molecule has 0 saturated carbocycles. The summed E-state index contributed by atoms with van der Waals surface area (Å²) in [5.74, 6) is -2.60. The fraction of sp³-hybridized carbons (Fsp3) is 0.273. The largest absolute Gasteiger partial charge is 0.448 e. The third kappa shape index (κ3) is 9.49. The van der Waals surface area contributed by atoms with E-state index < -0.39 is 17.7 Å². The Morgan fingerprint density at radius 1 is 0.821 bits per heavy atom. The highest BCUT2D eigenvalue weighted by molar-refractivity contribution is 5.99. The van der Waals surface area contributed by atoms with E-state index in [1.807, 2.05) is 25.1 Å². The summed E-state index contributed by atoms with van der Waals surface area (Å²) in [4.78, 5) is 26.0. The number of rotatable bonds is 11. The highest BCUT2D eigenvalue weighted by Gasteiger charge is 2.42. The van der Waals surface area contributed by atoms with Gasteiger partial charge in [-0.25, -0.2) is 9.59 Å². The number of ether oxygens (including phenoxy) is 4. The number of benzene rings is 2. The molecule has 0 aromatic heterocycles. The second-order valence-electron chi connectivity index (χ2n) is 9.66. The molecule has 6 heteroatoms. The topological polar surface area (TPSA) is 71.1 Å². The molecule has 1 aliphatic rings. The van der Waals surface area contributed by atoms with Crippen LogP contribution in [0.1, 0.15) is 53.9 Å². The van der Waals surface area contributed by atoms with E-state index in [0.29, 0.717) is 17.9 Å². The van der Waals surface area contributed by atoms with Crippen molar-refractivity contribution in [2.24, 2.45) is 0 Å². The molecule has 0 unspecified atom stereocenters. The Labute approximate surface area is 230 Å². The van der Waals surface area contributed by atoms with Gasteiger partial charge in [0.25, 0.3) is 11.7 Å². The molecule has 0 N–H and O–H groups in total. The van der Waals surface area contributed by atoms with Gasteiger partial charge in [0, 0.05) is 19.1 Å². The van der Waals surface area contributed by atoms with Crippen LogP contribution in [0.15, 0.2) is 119 Å². The smallest absolute Gasteiger partial charge is 0.350 e. The van der Waals surface area contributed by atoms with Crippen molar-refractivity contribution in [1.82, 2.24) is 0 Å². The van der Waals surface area contributed by atoms with Crippen LogP contribution >= 0.6 is 0 Å². The van der Waals surface area contributed by atoms with Crippen molar-refractivity contribution in [3.05, 3.63) is 119 Å². The van der Waals surface area contributed by atoms with Crippen LogP contribution in [0.25, 0.3) is 0 Å². The zero-order valence-corrected chi connectivity index (χ0v) is 23.2. The van der Waals surface area contributed by atoms with Crippen molar-refractivity contribution in [3.63, 3.8) is 0 Å². The number of para-hydroxylation sites is 2. The van der Waals surface area contributed by atoms with Gasteiger partial charge in [-0.2, -0.15) is 0 Å². The summed E-state index contributed by atoms with van der Waals surface area (Å²) in [6, 6.07) is 17.8. The van der Waals surface area contributed by atoms with Crippen molar-refractivity contribution in [2.45, 2.75) is 59.7 Å². The highest BCUT2D eigenvalue weighted by atomic mass is 16.7. The van der Waals surface area contributed by atoms with Crippen LogP contribution in [0.3, 0.4) is 0 Å². The fourth-order valence-electron chi connectivity index (χ4n) is 3.79. The van der Waals surface area contributed by atoms with E-state index in [0.717, 1.165) is 24.5 Å². The molecule has 0 radical (unpaired) electrons. The Bertz CT molecular complexity index is 1250. The summed E-state index contributed by atoms with van der Waals surface area (Å²) in [6.45, 7) is 9.70. The van der Waals surface area contributed by atoms with E-state index in [2.05, 4.69) is 32.9 Å². The zero-order chi connectivity index (χ0) is 28.3. The monoisotopic (exact) mass is 528 g/mol. The molecular formula is C33H36O6. The Hall–Kier alpha value is -4.32. The van der Waals surface area contributed by atoms with Gasteiger partial charge >= 0.3 is 11.9 Å². The fourth-order valence-corrected chi connectivity index (χ4v) is 3.79. The quantitative estimate of drug-likeness (QED) is 0.169. The first-order chi connectivity index (χ1) is 18.6. The summed E-state index contributed by atoms with van der Waals surface area (Å²) in [5, 5.41) is 0. The summed E-state index contributed by atoms with van der Waals surface area (Å²) < 4.78 is 23.0. The van der Waals surface area contributed by atoms with Crippen LogP contribution < -0.4 is 9.47 Å². The minimum absolute atomic E-state index is 0.139. The van der Waals surface area contributed by atoms with Crippen LogP contribution in [0.4, 0.5) is 0 Å². The van der Waals surface area contributed by atoms with E-state index in [4.69, 9.17) is 18.9 Å². The zero-order valence-electron chi connectivity index (χ0n) is 23.2. The van der Waals surface area contributed by atoms with Crippen molar-refractivity contribution in [3.8, 4) is 11.5 Å². The summed E-state index contributed by atoms with van der Waals surface area (Å²) in [6.07, 6.45) is 11.6. The normalized spacial score (nSPS) is 15.6. The van der Waals surface area contributed by atoms with E-state index in [1.165, 1.54) is 17.2 Å². The first-order valence-corrected chi connectivity index (χ1v) is 13.0. The molecule has 1 aliphatic heterocycles. The standard InChI is InChI=1S/C33H36O6/c1-24(2)14-12-15-25(3)16-13-17-26(4)22-31-36-30(34)23-29(32(35)37-31)33(5,38-27-18-8-6-9-19-27)39-28-20-10-7-11-21-28/h6-11,14,16-23H,12-13,15H2,1-5H3/b25-16+,26-17+,31-22-. The molecule has 0 saturated heterocycles. The Morgan fingerprint density at radius 3 is 1.97 bits per heavy atom. The van der Waals surface area contributed by atoms with Crippen LogP contribution in [-0.4, -0.2) is 17.7 Å². The molecule has 39 heavy (non-hydrogen) atoms. The van der Waals surface area contributed by atoms with E-state index >= 15 is 0 Å². The van der Waals surface area contributed by atoms with Crippen LogP contribution in [0, 0.1) is 0 Å². The van der Waals surface area contributed by atoms with Crippen molar-refractivity contribution in [2.75, 3.05) is 0 Å². The second-order valence-corrected chi connectivity index (χ2v) is 9.66. The highest BCUT2D eigenvalue weighted by Crippen LogP contribution is 2.31. The Morgan fingerprint density at radius 2 is 1.41 bits per heavy atom. The van der Waals surface area contributed by atoms with Gasteiger partial charge < -0.3 is 18.9 Å². The lowest BCUT2D eigenvalue weighted by Crippen LogP contribution is -2.44. The molecule has 1 heterocycles. The molecule has 2 aromatic carbocycles. The van der Waals surface area contributed by atoms with Gasteiger partial charge in [-0.15, -0.1) is 0 Å². The van der Waals surface area contributed by atoms with E-state index in [9.17, 15) is 9.59 Å². The van der Waals surface area contributed by atoms with Gasteiger partial charge in [0.15, 0.2) is 0 Å². The van der Waals surface area contributed by atoms with Gasteiger partial charge in [0.2, 0.25) is 0 Å². The maximum absolute atomic E-state index is 13.3. The van der Waals surface area contributed by atoms with E-state index in [1.54, 1.807) is 55.5 Å². The van der Waals surface area contributed by atoms with Crippen molar-refractivity contribution >= 4 is 11.9 Å². The third-order valence-electron chi connectivity index (χ3n) is 5.82. The number of cyclic esters (lactones) is 2. The number of hydrogen-bond acceptors (Lipinski definition) is 6. The van der Waals surface area contributed by atoms with Gasteiger partial charge in [-0.3, -0.25) is 0 Å². The number of hydrogen-bond donors (Lipinski definition) is 0. The minimum Gasteiger partial charge on any atom is -0.448 e. The molecule has 0 amide bonds. The lowest BCUT2D eigenvalue weighted by Gasteiger charge is -2.31. The summed E-state index contributed by atoms with van der Waals surface area (Å²) in [7, 11) is 0. The van der Waals surface area contributed by atoms with Gasteiger partial charge in [0.1, 0.15) is 17.1 Å². The van der Waals surface area contributed by atoms with Gasteiger partial charge in [0.05, 0.1) is 0 Å². The number of allylic oxidation sites excluding steroid dienone is 7. The first kappa shape index (κ1) is 29.2. The summed E-state index contributed by atoms with van der Waals surface area (Å²) in [5.41, 5.74) is 3.25. The number of carbonyl (C=O) groups is 2. The van der Waals surface area contributed by atoms with Crippen LogP contribution in [0.5, 0.6) is 11.5 Å². The maximum Gasteiger partial charge on any atom is 0.350 e. The molecule has 0 fully saturated rings. The van der Waals surface area contributed by atoms with E-state index in [-0.39, 0.29) is 11.5 Å². The predicted octanol–water partition coefficient (Wildman–Crippen LogP) is 7.76. The average Bonchev–Trinajstić information content (AvgIpc) is 3.02. The van der Waals surface area contributed by atoms with Gasteiger partial charge in [-0.1, -0.05) is 65.8 Å². The average molecular weight is 529 g/mol. The van der Waals surface area contributed by atoms with Crippen molar-refractivity contribution < 1.29 is 28.5 Å². The van der Waals surface area contributed by atoms with Crippen LogP contribution in [0.2, 0.25) is 0 Å². The molecule has 0 atom stereocenters. The lowest BCUT2D eigenvalue weighted by molar-refractivity contribution is -0.149. The van der Waals surface area contributed by atoms with Gasteiger partial charge in [-0.05, 0) is 76.8 Å². The number of carbonyl (C=O) groups excluding carboxylic acids is 2. The molecule has 3 rings (SSSR count). The minimum atomic E-state index is -1.69. The van der Waals surface area contributed by atoms with Crippen molar-refractivity contribution in [1.29, 1.82) is 0 Å². The van der Waals surface area contributed by atoms with Crippen LogP contribution in [-0.2, 0) is 19.1 Å². The predicted molar refractivity (Wildman–Crippen MR) is 152 cm³/mol. The third-order valence-corrected chi connectivity index (χ3v) is 5.82. The first-order valence-electron chi connectivity index (χ1n) is 13.0. The molecule has 2 aromatic rings. The Kier molecular flexibility index (Phi) is 10.5. The molecule has 0 bridgehead atoms. The SMILES string of the molecule is CC(C)=CCC/C(C)=C/C/C=C(C)/C=C1/OC(=O)C=C(C(C)(Oc2ccccc2)Oc2ccccc2)C(=O)O1. The lowest BCUT2D eigenvalue weighted by atomic mass is 10.1. The molecule has 0 aliphatic carbocycles. The molecular weight excluding hydrogens is 492 g/mol. The molecule has 204 valence electrons.